The predicted octanol–water partition coefficient (Wildman–Crippen LogP) is 0.962. The van der Waals surface area contributed by atoms with Crippen molar-refractivity contribution < 1.29 is 19.4 Å². The van der Waals surface area contributed by atoms with E-state index in [1.807, 2.05) is 24.3 Å². The van der Waals surface area contributed by atoms with Gasteiger partial charge in [-0.3, -0.25) is 9.59 Å². The summed E-state index contributed by atoms with van der Waals surface area (Å²) < 4.78 is 5.10. The van der Waals surface area contributed by atoms with Gasteiger partial charge in [-0.2, -0.15) is 5.10 Å². The molecule has 0 bridgehead atoms. The van der Waals surface area contributed by atoms with Crippen molar-refractivity contribution in [1.29, 1.82) is 0 Å². The van der Waals surface area contributed by atoms with Crippen molar-refractivity contribution in [2.75, 3.05) is 13.7 Å². The molecule has 0 saturated heterocycles. The van der Waals surface area contributed by atoms with E-state index in [1.54, 1.807) is 7.11 Å². The van der Waals surface area contributed by atoms with Gasteiger partial charge in [-0.15, -0.1) is 0 Å². The predicted molar refractivity (Wildman–Crippen MR) is 70.5 cm³/mol. The van der Waals surface area contributed by atoms with Gasteiger partial charge in [-0.1, -0.05) is 0 Å². The van der Waals surface area contributed by atoms with Crippen LogP contribution in [-0.2, 0) is 9.59 Å². The molecule has 2 aliphatic rings. The van der Waals surface area contributed by atoms with Crippen molar-refractivity contribution in [1.82, 2.24) is 5.01 Å². The standard InChI is InChI=1S/C14H14N2O4/c1-20-9-4-2-8(3-5-9)13-10-6-11(10)14(19)16(15-13)7-12(17)18/h2-5,10-11H,6-7H2,1H3,(H,17,18)/t10-,11-/m1/s1. The van der Waals surface area contributed by atoms with Crippen molar-refractivity contribution in [2.45, 2.75) is 6.42 Å². The molecule has 0 unspecified atom stereocenters. The monoisotopic (exact) mass is 274 g/mol. The number of aliphatic carboxylic acids is 1. The van der Waals surface area contributed by atoms with Crippen molar-refractivity contribution in [2.24, 2.45) is 16.9 Å². The minimum absolute atomic E-state index is 0.107. The van der Waals surface area contributed by atoms with E-state index in [9.17, 15) is 9.59 Å². The van der Waals surface area contributed by atoms with Gasteiger partial charge in [0.05, 0.1) is 12.8 Å². The number of methoxy groups -OCH3 is 1. The summed E-state index contributed by atoms with van der Waals surface area (Å²) in [5.41, 5.74) is 1.69. The molecule has 3 rings (SSSR count). The molecule has 1 amide bonds. The molecule has 1 aliphatic heterocycles. The van der Waals surface area contributed by atoms with Crippen LogP contribution in [0.5, 0.6) is 5.75 Å². The van der Waals surface area contributed by atoms with Gasteiger partial charge in [0.1, 0.15) is 12.3 Å². The lowest BCUT2D eigenvalue weighted by atomic mass is 10.0. The molecule has 0 spiro atoms. The number of hydrogen-bond donors (Lipinski definition) is 1. The Bertz CT molecular complexity index is 594. The van der Waals surface area contributed by atoms with Crippen LogP contribution in [0.2, 0.25) is 0 Å². The van der Waals surface area contributed by atoms with Crippen LogP contribution < -0.4 is 4.74 Å². The molecule has 2 atom stereocenters. The van der Waals surface area contributed by atoms with Gasteiger partial charge in [-0.25, -0.2) is 5.01 Å². The third-order valence-corrected chi connectivity index (χ3v) is 3.61. The number of nitrogens with zero attached hydrogens (tertiary/aromatic N) is 2. The highest BCUT2D eigenvalue weighted by Crippen LogP contribution is 2.45. The Morgan fingerprint density at radius 1 is 1.40 bits per heavy atom. The highest BCUT2D eigenvalue weighted by molar-refractivity contribution is 6.09. The van der Waals surface area contributed by atoms with Gasteiger partial charge >= 0.3 is 5.97 Å². The molecule has 0 radical (unpaired) electrons. The quantitative estimate of drug-likeness (QED) is 0.887. The molecule has 1 fully saturated rings. The van der Waals surface area contributed by atoms with Crippen LogP contribution >= 0.6 is 0 Å². The maximum absolute atomic E-state index is 11.9. The average Bonchev–Trinajstić information content (AvgIpc) is 3.22. The first-order valence-corrected chi connectivity index (χ1v) is 6.36. The minimum Gasteiger partial charge on any atom is -0.497 e. The number of carbonyl (C=O) groups is 2. The Labute approximate surface area is 115 Å². The Kier molecular flexibility index (Phi) is 2.93. The molecule has 1 saturated carbocycles. The Balaban J connectivity index is 1.90. The molecule has 20 heavy (non-hydrogen) atoms. The molecule has 6 heteroatoms. The highest BCUT2D eigenvalue weighted by atomic mass is 16.5. The second-order valence-corrected chi connectivity index (χ2v) is 4.95. The van der Waals surface area contributed by atoms with E-state index in [-0.39, 0.29) is 24.3 Å². The second kappa shape index (κ2) is 4.63. The van der Waals surface area contributed by atoms with Gasteiger partial charge in [0.15, 0.2) is 0 Å². The molecule has 1 heterocycles. The van der Waals surface area contributed by atoms with Crippen molar-refractivity contribution >= 4 is 17.6 Å². The van der Waals surface area contributed by atoms with Crippen LogP contribution in [-0.4, -0.2) is 41.4 Å². The molecular weight excluding hydrogens is 260 g/mol. The summed E-state index contributed by atoms with van der Waals surface area (Å²) in [4.78, 5) is 22.7. The number of hydrazone groups is 1. The number of fused-ring (bicyclic) bond motifs is 1. The number of benzene rings is 1. The van der Waals surface area contributed by atoms with Gasteiger partial charge < -0.3 is 9.84 Å². The first kappa shape index (κ1) is 12.7. The largest absolute Gasteiger partial charge is 0.497 e. The molecule has 1 aromatic carbocycles. The van der Waals surface area contributed by atoms with Crippen molar-refractivity contribution in [3.8, 4) is 5.75 Å². The smallest absolute Gasteiger partial charge is 0.325 e. The normalized spacial score (nSPS) is 23.9. The fraction of sp³-hybridized carbons (Fsp3) is 0.357. The second-order valence-electron chi connectivity index (χ2n) is 4.95. The van der Waals surface area contributed by atoms with Crippen LogP contribution in [0.4, 0.5) is 0 Å². The number of rotatable bonds is 4. The van der Waals surface area contributed by atoms with Crippen LogP contribution in [0.25, 0.3) is 0 Å². The lowest BCUT2D eigenvalue weighted by Crippen LogP contribution is -2.37. The Hall–Kier alpha value is -2.37. The molecule has 1 aromatic rings. The number of carboxylic acids is 1. The molecular formula is C14H14N2O4. The van der Waals surface area contributed by atoms with E-state index in [4.69, 9.17) is 9.84 Å². The van der Waals surface area contributed by atoms with E-state index >= 15 is 0 Å². The van der Waals surface area contributed by atoms with E-state index < -0.39 is 5.97 Å². The van der Waals surface area contributed by atoms with Crippen LogP contribution in [0.3, 0.4) is 0 Å². The summed E-state index contributed by atoms with van der Waals surface area (Å²) >= 11 is 0. The number of carboxylic acid groups (broad SMARTS) is 1. The molecule has 0 aromatic heterocycles. The zero-order valence-corrected chi connectivity index (χ0v) is 10.9. The number of carbonyl (C=O) groups excluding carboxylic acids is 1. The van der Waals surface area contributed by atoms with Crippen LogP contribution in [0.15, 0.2) is 29.4 Å². The fourth-order valence-corrected chi connectivity index (χ4v) is 2.49. The van der Waals surface area contributed by atoms with Crippen molar-refractivity contribution in [3.05, 3.63) is 29.8 Å². The summed E-state index contributed by atoms with van der Waals surface area (Å²) in [6, 6.07) is 7.41. The van der Waals surface area contributed by atoms with E-state index in [0.29, 0.717) is 0 Å². The molecule has 1 N–H and O–H groups in total. The third kappa shape index (κ3) is 2.13. The summed E-state index contributed by atoms with van der Waals surface area (Å²) in [6.07, 6.45) is 0.750. The van der Waals surface area contributed by atoms with E-state index in [2.05, 4.69) is 5.10 Å². The minimum atomic E-state index is -1.06. The summed E-state index contributed by atoms with van der Waals surface area (Å²) in [5.74, 6) is -0.481. The SMILES string of the molecule is COc1ccc(C2=NN(CC(=O)O)C(=O)[C@@H]3C[C@@H]23)cc1. The number of ether oxygens (including phenoxy) is 1. The maximum Gasteiger partial charge on any atom is 0.325 e. The van der Waals surface area contributed by atoms with E-state index in [0.717, 1.165) is 28.5 Å². The lowest BCUT2D eigenvalue weighted by Gasteiger charge is -2.21. The Morgan fingerprint density at radius 3 is 2.70 bits per heavy atom. The summed E-state index contributed by atoms with van der Waals surface area (Å²) in [7, 11) is 1.59. The van der Waals surface area contributed by atoms with E-state index in [1.165, 1.54) is 0 Å². The maximum atomic E-state index is 11.9. The molecule has 104 valence electrons. The topological polar surface area (TPSA) is 79.2 Å². The summed E-state index contributed by atoms with van der Waals surface area (Å²) in [5, 5.41) is 14.1. The fourth-order valence-electron chi connectivity index (χ4n) is 2.49. The lowest BCUT2D eigenvalue weighted by molar-refractivity contribution is -0.145. The number of hydrogen-bond acceptors (Lipinski definition) is 4. The van der Waals surface area contributed by atoms with Gasteiger partial charge in [0, 0.05) is 11.8 Å². The molecule has 6 nitrogen and oxygen atoms in total. The van der Waals surface area contributed by atoms with Crippen LogP contribution in [0, 0.1) is 11.8 Å². The number of amides is 1. The van der Waals surface area contributed by atoms with Gasteiger partial charge in [0.25, 0.3) is 0 Å². The average molecular weight is 274 g/mol. The Morgan fingerprint density at radius 2 is 2.10 bits per heavy atom. The summed E-state index contributed by atoms with van der Waals surface area (Å²) in [6.45, 7) is -0.387. The van der Waals surface area contributed by atoms with Gasteiger partial charge in [-0.05, 0) is 36.2 Å². The zero-order chi connectivity index (χ0) is 14.3. The van der Waals surface area contributed by atoms with Crippen molar-refractivity contribution in [3.63, 3.8) is 0 Å². The van der Waals surface area contributed by atoms with Crippen LogP contribution in [0.1, 0.15) is 12.0 Å². The zero-order valence-electron chi connectivity index (χ0n) is 10.9. The first-order valence-electron chi connectivity index (χ1n) is 6.36. The van der Waals surface area contributed by atoms with Gasteiger partial charge in [0.2, 0.25) is 5.91 Å². The first-order chi connectivity index (χ1) is 9.60. The highest BCUT2D eigenvalue weighted by Gasteiger charge is 2.52. The third-order valence-electron chi connectivity index (χ3n) is 3.61. The molecule has 1 aliphatic carbocycles.